The molecule has 2 N–H and O–H groups in total. The van der Waals surface area contributed by atoms with Gasteiger partial charge in [-0.1, -0.05) is 18.2 Å². The van der Waals surface area contributed by atoms with Gasteiger partial charge in [0.05, 0.1) is 16.3 Å². The molecule has 1 aliphatic heterocycles. The van der Waals surface area contributed by atoms with E-state index in [1.54, 1.807) is 29.2 Å². The van der Waals surface area contributed by atoms with Gasteiger partial charge in [-0.25, -0.2) is 14.3 Å². The molecule has 162 valence electrons. The lowest BCUT2D eigenvalue weighted by molar-refractivity contribution is 0.0687. The van der Waals surface area contributed by atoms with E-state index in [4.69, 9.17) is 0 Å². The van der Waals surface area contributed by atoms with Crippen LogP contribution in [0.25, 0.3) is 21.7 Å². The third kappa shape index (κ3) is 3.20. The molecule has 0 saturated carbocycles. The van der Waals surface area contributed by atoms with E-state index in [0.29, 0.717) is 36.7 Å². The van der Waals surface area contributed by atoms with Gasteiger partial charge in [-0.3, -0.25) is 19.0 Å². The highest BCUT2D eigenvalue weighted by Gasteiger charge is 2.28. The van der Waals surface area contributed by atoms with Crippen LogP contribution >= 0.6 is 0 Å². The molecular formula is C22H18FN5O4. The van der Waals surface area contributed by atoms with Crippen LogP contribution in [0.3, 0.4) is 0 Å². The lowest BCUT2D eigenvalue weighted by Crippen LogP contribution is -2.45. The minimum absolute atomic E-state index is 0.104. The number of H-pyrrole nitrogens is 2. The molecule has 1 fully saturated rings. The van der Waals surface area contributed by atoms with Crippen LogP contribution in [0, 0.1) is 5.82 Å². The van der Waals surface area contributed by atoms with Crippen LogP contribution in [0.15, 0.2) is 56.8 Å². The summed E-state index contributed by atoms with van der Waals surface area (Å²) in [5, 5.41) is 7.26. The van der Waals surface area contributed by atoms with Crippen molar-refractivity contribution in [3.8, 4) is 0 Å². The molecule has 0 spiro atoms. The van der Waals surface area contributed by atoms with Gasteiger partial charge in [0, 0.05) is 24.5 Å². The van der Waals surface area contributed by atoms with Gasteiger partial charge in [0.2, 0.25) is 0 Å². The number of carbonyl (C=O) groups excluding carboxylic acids is 1. The smallest absolute Gasteiger partial charge is 0.329 e. The first-order chi connectivity index (χ1) is 15.4. The van der Waals surface area contributed by atoms with E-state index in [-0.39, 0.29) is 28.1 Å². The molecule has 0 aliphatic carbocycles. The van der Waals surface area contributed by atoms with Crippen LogP contribution in [-0.4, -0.2) is 43.6 Å². The molecule has 4 aromatic rings. The second-order valence-electron chi connectivity index (χ2n) is 7.77. The molecule has 1 aliphatic rings. The first-order valence-electron chi connectivity index (χ1n) is 10.1. The van der Waals surface area contributed by atoms with Crippen molar-refractivity contribution in [1.82, 2.24) is 24.6 Å². The van der Waals surface area contributed by atoms with Crippen LogP contribution in [0.4, 0.5) is 4.39 Å². The predicted octanol–water partition coefficient (Wildman–Crippen LogP) is 1.54. The van der Waals surface area contributed by atoms with Crippen molar-refractivity contribution in [1.29, 1.82) is 0 Å². The van der Waals surface area contributed by atoms with Crippen molar-refractivity contribution < 1.29 is 9.18 Å². The number of hydrogen-bond acceptors (Lipinski definition) is 5. The van der Waals surface area contributed by atoms with Crippen molar-refractivity contribution >= 4 is 27.6 Å². The Kier molecular flexibility index (Phi) is 4.69. The quantitative estimate of drug-likeness (QED) is 0.495. The second-order valence-corrected chi connectivity index (χ2v) is 7.77. The highest BCUT2D eigenvalue weighted by molar-refractivity contribution is 6.04. The van der Waals surface area contributed by atoms with E-state index in [1.165, 1.54) is 12.1 Å². The minimum atomic E-state index is -0.563. The number of rotatable bonds is 2. The maximum absolute atomic E-state index is 13.6. The molecule has 1 saturated heterocycles. The van der Waals surface area contributed by atoms with Gasteiger partial charge in [0.1, 0.15) is 5.82 Å². The molecule has 10 heteroatoms. The van der Waals surface area contributed by atoms with Gasteiger partial charge < -0.3 is 9.88 Å². The summed E-state index contributed by atoms with van der Waals surface area (Å²) in [5.74, 6) is -0.896. The van der Waals surface area contributed by atoms with Gasteiger partial charge in [-0.15, -0.1) is 0 Å². The fourth-order valence-corrected chi connectivity index (χ4v) is 4.29. The highest BCUT2D eigenvalue weighted by Crippen LogP contribution is 2.23. The Labute approximate surface area is 179 Å². The van der Waals surface area contributed by atoms with E-state index in [9.17, 15) is 23.6 Å². The van der Waals surface area contributed by atoms with Gasteiger partial charge in [-0.05, 0) is 37.1 Å². The van der Waals surface area contributed by atoms with Gasteiger partial charge in [0.25, 0.3) is 17.0 Å². The molecule has 0 unspecified atom stereocenters. The lowest BCUT2D eigenvalue weighted by Gasteiger charge is -2.32. The number of aromatic amines is 2. The standard InChI is InChI=1S/C22H18FN5O4/c23-12-5-6-17-16(11-12)20(30)28(22(32)24-17)13-7-9-27(10-8-13)21(31)18-14-3-1-2-4-15(14)19(29)26-25-18/h1-6,11,13H,7-10H2,(H,24,32)(H,26,29). The van der Waals surface area contributed by atoms with E-state index >= 15 is 0 Å². The van der Waals surface area contributed by atoms with E-state index < -0.39 is 23.1 Å². The third-order valence-corrected chi connectivity index (χ3v) is 5.91. The van der Waals surface area contributed by atoms with Crippen LogP contribution in [0.2, 0.25) is 0 Å². The molecule has 9 nitrogen and oxygen atoms in total. The number of amides is 1. The van der Waals surface area contributed by atoms with Crippen LogP contribution < -0.4 is 16.8 Å². The summed E-state index contributed by atoms with van der Waals surface area (Å²) in [6, 6.07) is 9.96. The zero-order valence-electron chi connectivity index (χ0n) is 16.8. The second kappa shape index (κ2) is 7.56. The number of aromatic nitrogens is 4. The van der Waals surface area contributed by atoms with E-state index in [0.717, 1.165) is 10.6 Å². The van der Waals surface area contributed by atoms with Gasteiger partial charge >= 0.3 is 5.69 Å². The Morgan fingerprint density at radius 3 is 2.47 bits per heavy atom. The number of benzene rings is 2. The zero-order valence-corrected chi connectivity index (χ0v) is 16.8. The fourth-order valence-electron chi connectivity index (χ4n) is 4.29. The summed E-state index contributed by atoms with van der Waals surface area (Å²) in [6.45, 7) is 0.595. The van der Waals surface area contributed by atoms with Crippen molar-refractivity contribution in [3.63, 3.8) is 0 Å². The maximum atomic E-state index is 13.6. The highest BCUT2D eigenvalue weighted by atomic mass is 19.1. The number of hydrogen-bond donors (Lipinski definition) is 2. The van der Waals surface area contributed by atoms with Crippen LogP contribution in [-0.2, 0) is 0 Å². The molecule has 0 radical (unpaired) electrons. The van der Waals surface area contributed by atoms with Crippen molar-refractivity contribution in [2.75, 3.05) is 13.1 Å². The van der Waals surface area contributed by atoms with E-state index in [1.807, 2.05) is 0 Å². The molecule has 5 rings (SSSR count). The largest absolute Gasteiger partial charge is 0.337 e. The summed E-state index contributed by atoms with van der Waals surface area (Å²) in [7, 11) is 0. The predicted molar refractivity (Wildman–Crippen MR) is 115 cm³/mol. The average Bonchev–Trinajstić information content (AvgIpc) is 2.80. The monoisotopic (exact) mass is 435 g/mol. The first-order valence-corrected chi connectivity index (χ1v) is 10.1. The molecule has 2 aromatic carbocycles. The lowest BCUT2D eigenvalue weighted by atomic mass is 10.0. The molecule has 3 heterocycles. The maximum Gasteiger partial charge on any atom is 0.329 e. The van der Waals surface area contributed by atoms with Gasteiger partial charge in [-0.2, -0.15) is 5.10 Å². The van der Waals surface area contributed by atoms with Gasteiger partial charge in [0.15, 0.2) is 5.69 Å². The summed E-state index contributed by atoms with van der Waals surface area (Å²) in [4.78, 5) is 54.7. The molecule has 0 bridgehead atoms. The Morgan fingerprint density at radius 1 is 1.00 bits per heavy atom. The summed E-state index contributed by atoms with van der Waals surface area (Å²) in [6.07, 6.45) is 0.744. The number of likely N-dealkylation sites (tertiary alicyclic amines) is 1. The molecular weight excluding hydrogens is 417 g/mol. The number of halogens is 1. The zero-order chi connectivity index (χ0) is 22.4. The average molecular weight is 435 g/mol. The van der Waals surface area contributed by atoms with Crippen molar-refractivity contribution in [2.24, 2.45) is 0 Å². The Hall–Kier alpha value is -4.08. The number of fused-ring (bicyclic) bond motifs is 2. The Bertz CT molecular complexity index is 1550. The number of nitrogens with one attached hydrogen (secondary N) is 2. The summed E-state index contributed by atoms with van der Waals surface area (Å²) < 4.78 is 14.7. The van der Waals surface area contributed by atoms with Crippen molar-refractivity contribution in [2.45, 2.75) is 18.9 Å². The molecule has 32 heavy (non-hydrogen) atoms. The third-order valence-electron chi connectivity index (χ3n) is 5.91. The number of carbonyl (C=O) groups is 1. The topological polar surface area (TPSA) is 121 Å². The Balaban J connectivity index is 1.42. The molecule has 2 aromatic heterocycles. The summed E-state index contributed by atoms with van der Waals surface area (Å²) >= 11 is 0. The summed E-state index contributed by atoms with van der Waals surface area (Å²) in [5.41, 5.74) is -1.06. The molecule has 0 atom stereocenters. The Morgan fingerprint density at radius 2 is 1.72 bits per heavy atom. The fraction of sp³-hybridized carbons (Fsp3) is 0.227. The van der Waals surface area contributed by atoms with Crippen LogP contribution in [0.5, 0.6) is 0 Å². The van der Waals surface area contributed by atoms with E-state index in [2.05, 4.69) is 15.2 Å². The number of piperidine rings is 1. The first kappa shape index (κ1) is 19.9. The SMILES string of the molecule is O=C(c1n[nH]c(=O)c2ccccc12)N1CCC(n2c(=O)[nH]c3ccc(F)cc3c2=O)CC1. The minimum Gasteiger partial charge on any atom is -0.337 e. The van der Waals surface area contributed by atoms with Crippen molar-refractivity contribution in [3.05, 3.63) is 85.2 Å². The number of nitrogens with zero attached hydrogens (tertiary/aromatic N) is 3. The van der Waals surface area contributed by atoms with Crippen LogP contribution in [0.1, 0.15) is 29.4 Å². The normalized spacial score (nSPS) is 14.8. The molecule has 1 amide bonds.